The number of hydrogen-bond donors (Lipinski definition) is 0. The fourth-order valence-electron chi connectivity index (χ4n) is 3.20. The van der Waals surface area contributed by atoms with Crippen molar-refractivity contribution in [1.82, 2.24) is 24.9 Å². The third kappa shape index (κ3) is 4.69. The molecular formula is C22H32N6OS. The number of aromatic nitrogens is 5. The van der Waals surface area contributed by atoms with E-state index in [1.807, 2.05) is 0 Å². The van der Waals surface area contributed by atoms with Crippen LogP contribution in [0.2, 0.25) is 0 Å². The Bertz CT molecular complexity index is 953. The average Bonchev–Trinajstić information content (AvgIpc) is 3.36. The lowest BCUT2D eigenvalue weighted by molar-refractivity contribution is 0.364. The molecule has 0 spiro atoms. The van der Waals surface area contributed by atoms with E-state index in [-0.39, 0.29) is 10.7 Å². The second-order valence-corrected chi connectivity index (χ2v) is 9.54. The van der Waals surface area contributed by atoms with Crippen LogP contribution in [0.25, 0.3) is 11.4 Å². The van der Waals surface area contributed by atoms with Crippen molar-refractivity contribution in [3.8, 4) is 11.4 Å². The Balaban J connectivity index is 1.81. The van der Waals surface area contributed by atoms with Crippen molar-refractivity contribution < 1.29 is 4.52 Å². The second kappa shape index (κ2) is 9.20. The van der Waals surface area contributed by atoms with E-state index in [1.54, 1.807) is 11.8 Å². The molecule has 0 fully saturated rings. The number of hydrogen-bond acceptors (Lipinski definition) is 7. The van der Waals surface area contributed by atoms with Gasteiger partial charge in [0.2, 0.25) is 5.89 Å². The lowest BCUT2D eigenvalue weighted by Crippen LogP contribution is -2.21. The molecule has 7 nitrogen and oxygen atoms in total. The molecule has 1 unspecified atom stereocenters. The summed E-state index contributed by atoms with van der Waals surface area (Å²) in [6, 6.07) is 8.54. The molecule has 0 amide bonds. The highest BCUT2D eigenvalue weighted by atomic mass is 32.2. The van der Waals surface area contributed by atoms with E-state index in [0.29, 0.717) is 5.89 Å². The third-order valence-corrected chi connectivity index (χ3v) is 6.10. The molecule has 1 aromatic carbocycles. The summed E-state index contributed by atoms with van der Waals surface area (Å²) >= 11 is 1.59. The van der Waals surface area contributed by atoms with E-state index in [1.165, 1.54) is 5.69 Å². The second-order valence-electron chi connectivity index (χ2n) is 8.24. The Hall–Kier alpha value is -2.35. The zero-order chi connectivity index (χ0) is 21.9. The van der Waals surface area contributed by atoms with E-state index in [4.69, 9.17) is 4.52 Å². The third-order valence-electron chi connectivity index (χ3n) is 5.03. The normalized spacial score (nSPS) is 12.9. The monoisotopic (exact) mass is 428 g/mol. The van der Waals surface area contributed by atoms with Gasteiger partial charge in [-0.2, -0.15) is 4.98 Å². The van der Waals surface area contributed by atoms with Crippen LogP contribution in [0.3, 0.4) is 0 Å². The highest BCUT2D eigenvalue weighted by Crippen LogP contribution is 2.35. The fraction of sp³-hybridized carbons (Fsp3) is 0.545. The van der Waals surface area contributed by atoms with Gasteiger partial charge in [-0.05, 0) is 52.0 Å². The molecule has 1 atom stereocenters. The van der Waals surface area contributed by atoms with Gasteiger partial charge in [0.05, 0.1) is 5.25 Å². The van der Waals surface area contributed by atoms with Crippen LogP contribution in [0.5, 0.6) is 0 Å². The van der Waals surface area contributed by atoms with Gasteiger partial charge < -0.3 is 14.0 Å². The SMILES string of the molecule is CCN(CC)c1ccc(-c2nnc(SC(C)c3nc(C(C)(C)C)no3)n2CC)cc1. The molecule has 2 heterocycles. The molecule has 162 valence electrons. The Morgan fingerprint density at radius 1 is 1.07 bits per heavy atom. The maximum atomic E-state index is 5.50. The molecule has 3 aromatic rings. The van der Waals surface area contributed by atoms with Crippen LogP contribution in [0.4, 0.5) is 5.69 Å². The minimum absolute atomic E-state index is 0.0130. The summed E-state index contributed by atoms with van der Waals surface area (Å²) in [6.45, 7) is 17.5. The van der Waals surface area contributed by atoms with E-state index < -0.39 is 0 Å². The van der Waals surface area contributed by atoms with Crippen LogP contribution >= 0.6 is 11.8 Å². The van der Waals surface area contributed by atoms with E-state index in [2.05, 4.69) is 103 Å². The molecule has 0 N–H and O–H groups in total. The first-order chi connectivity index (χ1) is 14.3. The summed E-state index contributed by atoms with van der Waals surface area (Å²) in [4.78, 5) is 6.91. The van der Waals surface area contributed by atoms with Crippen LogP contribution in [-0.2, 0) is 12.0 Å². The number of rotatable bonds is 8. The lowest BCUT2D eigenvalue weighted by Gasteiger charge is -2.21. The highest BCUT2D eigenvalue weighted by molar-refractivity contribution is 7.99. The Labute approximate surface area is 183 Å². The minimum Gasteiger partial charge on any atom is -0.372 e. The van der Waals surface area contributed by atoms with E-state index in [9.17, 15) is 0 Å². The van der Waals surface area contributed by atoms with E-state index >= 15 is 0 Å². The van der Waals surface area contributed by atoms with Gasteiger partial charge in [0.15, 0.2) is 16.8 Å². The molecule has 3 rings (SSSR count). The standard InChI is InChI=1S/C22H32N6OS/c1-8-27(9-2)17-13-11-16(12-14-17)18-24-25-21(28(18)10-3)30-15(4)19-23-20(26-29-19)22(5,6)7/h11-15H,8-10H2,1-7H3. The van der Waals surface area contributed by atoms with Gasteiger partial charge in [0.1, 0.15) is 0 Å². The zero-order valence-corrected chi connectivity index (χ0v) is 19.8. The van der Waals surface area contributed by atoms with Crippen molar-refractivity contribution in [1.29, 1.82) is 0 Å². The summed E-state index contributed by atoms with van der Waals surface area (Å²) in [5.41, 5.74) is 2.15. The Morgan fingerprint density at radius 2 is 1.73 bits per heavy atom. The maximum absolute atomic E-state index is 5.50. The molecule has 0 aliphatic carbocycles. The predicted octanol–water partition coefficient (Wildman–Crippen LogP) is 5.35. The predicted molar refractivity (Wildman–Crippen MR) is 122 cm³/mol. The molecule has 30 heavy (non-hydrogen) atoms. The van der Waals surface area contributed by atoms with Crippen LogP contribution < -0.4 is 4.90 Å². The average molecular weight is 429 g/mol. The molecule has 0 saturated carbocycles. The van der Waals surface area contributed by atoms with Crippen molar-refractivity contribution in [2.75, 3.05) is 18.0 Å². The highest BCUT2D eigenvalue weighted by Gasteiger charge is 2.25. The van der Waals surface area contributed by atoms with Crippen molar-refractivity contribution in [2.45, 2.75) is 70.8 Å². The molecule has 0 radical (unpaired) electrons. The molecule has 8 heteroatoms. The van der Waals surface area contributed by atoms with Gasteiger partial charge in [-0.1, -0.05) is 37.7 Å². The molecular weight excluding hydrogens is 396 g/mol. The number of nitrogens with zero attached hydrogens (tertiary/aromatic N) is 6. The first-order valence-electron chi connectivity index (χ1n) is 10.6. The Morgan fingerprint density at radius 3 is 2.27 bits per heavy atom. The van der Waals surface area contributed by atoms with Crippen molar-refractivity contribution in [3.63, 3.8) is 0 Å². The van der Waals surface area contributed by atoms with Crippen LogP contribution in [-0.4, -0.2) is 38.0 Å². The largest absolute Gasteiger partial charge is 0.372 e. The molecule has 2 aromatic heterocycles. The van der Waals surface area contributed by atoms with Crippen molar-refractivity contribution >= 4 is 17.4 Å². The molecule has 0 bridgehead atoms. The summed E-state index contributed by atoms with van der Waals surface area (Å²) in [5.74, 6) is 2.20. The summed E-state index contributed by atoms with van der Waals surface area (Å²) in [7, 11) is 0. The number of thioether (sulfide) groups is 1. The van der Waals surface area contributed by atoms with Gasteiger partial charge in [-0.3, -0.25) is 0 Å². The molecule has 0 aliphatic heterocycles. The maximum Gasteiger partial charge on any atom is 0.239 e. The number of anilines is 1. The first-order valence-corrected chi connectivity index (χ1v) is 11.5. The van der Waals surface area contributed by atoms with Crippen LogP contribution in [0.1, 0.15) is 65.4 Å². The zero-order valence-electron chi connectivity index (χ0n) is 19.0. The quantitative estimate of drug-likeness (QED) is 0.448. The van der Waals surface area contributed by atoms with Crippen LogP contribution in [0, 0.1) is 0 Å². The van der Waals surface area contributed by atoms with E-state index in [0.717, 1.165) is 42.0 Å². The Kier molecular flexibility index (Phi) is 6.85. The van der Waals surface area contributed by atoms with Gasteiger partial charge in [-0.15, -0.1) is 10.2 Å². The van der Waals surface area contributed by atoms with Gasteiger partial charge >= 0.3 is 0 Å². The smallest absolute Gasteiger partial charge is 0.239 e. The molecule has 0 saturated heterocycles. The van der Waals surface area contributed by atoms with Gasteiger partial charge in [-0.25, -0.2) is 0 Å². The summed E-state index contributed by atoms with van der Waals surface area (Å²) < 4.78 is 7.64. The summed E-state index contributed by atoms with van der Waals surface area (Å²) in [5, 5.41) is 13.9. The first kappa shape index (κ1) is 22.3. The fourth-order valence-corrected chi connectivity index (χ4v) is 4.14. The van der Waals surface area contributed by atoms with Crippen LogP contribution in [0.15, 0.2) is 33.9 Å². The van der Waals surface area contributed by atoms with Crippen molar-refractivity contribution in [2.24, 2.45) is 0 Å². The summed E-state index contributed by atoms with van der Waals surface area (Å²) in [6.07, 6.45) is 0. The molecule has 0 aliphatic rings. The van der Waals surface area contributed by atoms with Crippen molar-refractivity contribution in [3.05, 3.63) is 36.0 Å². The topological polar surface area (TPSA) is 72.9 Å². The minimum atomic E-state index is -0.139. The lowest BCUT2D eigenvalue weighted by atomic mass is 9.96. The number of benzene rings is 1. The van der Waals surface area contributed by atoms with Gasteiger partial charge in [0.25, 0.3) is 0 Å². The van der Waals surface area contributed by atoms with Gasteiger partial charge in [0, 0.05) is 36.3 Å².